The van der Waals surface area contributed by atoms with Gasteiger partial charge in [-0.05, 0) is 70.6 Å². The lowest BCUT2D eigenvalue weighted by Gasteiger charge is -2.30. The summed E-state index contributed by atoms with van der Waals surface area (Å²) in [5.41, 5.74) is 0. The van der Waals surface area contributed by atoms with Crippen LogP contribution in [-0.4, -0.2) is 68.5 Å². The zero-order valence-corrected chi connectivity index (χ0v) is 36.5. The first-order valence-corrected chi connectivity index (χ1v) is 22.9. The molecule has 0 aromatic heterocycles. The van der Waals surface area contributed by atoms with E-state index in [2.05, 4.69) is 104 Å². The van der Waals surface area contributed by atoms with Gasteiger partial charge in [-0.1, -0.05) is 157 Å². The molecule has 0 aliphatic rings. The number of rotatable bonds is 37. The van der Waals surface area contributed by atoms with Gasteiger partial charge in [-0.2, -0.15) is 0 Å². The van der Waals surface area contributed by atoms with Gasteiger partial charge in [-0.25, -0.2) is 0 Å². The van der Waals surface area contributed by atoms with Gasteiger partial charge < -0.3 is 28.8 Å². The van der Waals surface area contributed by atoms with E-state index in [0.29, 0.717) is 23.9 Å². The Kier molecular flexibility index (Phi) is 35.7. The van der Waals surface area contributed by atoms with E-state index in [4.69, 9.17) is 9.05 Å². The van der Waals surface area contributed by atoms with Crippen molar-refractivity contribution in [1.82, 2.24) is 5.32 Å². The minimum Gasteiger partial charge on any atom is -0.756 e. The highest BCUT2D eigenvalue weighted by molar-refractivity contribution is 7.45. The van der Waals surface area contributed by atoms with Gasteiger partial charge in [-0.15, -0.1) is 0 Å². The fourth-order valence-electron chi connectivity index (χ4n) is 5.49. The lowest BCUT2D eigenvalue weighted by molar-refractivity contribution is -0.870. The van der Waals surface area contributed by atoms with Gasteiger partial charge >= 0.3 is 0 Å². The third-order valence-corrected chi connectivity index (χ3v) is 9.86. The summed E-state index contributed by atoms with van der Waals surface area (Å²) < 4.78 is 23.1. The maximum atomic E-state index is 12.8. The molecular formula is C46H81N2O6P. The van der Waals surface area contributed by atoms with Crippen LogP contribution in [0.1, 0.15) is 149 Å². The van der Waals surface area contributed by atoms with Crippen molar-refractivity contribution in [1.29, 1.82) is 0 Å². The molecule has 0 radical (unpaired) electrons. The number of phosphoric ester groups is 1. The average Bonchev–Trinajstić information content (AvgIpc) is 3.13. The number of carbonyl (C=O) groups excluding carboxylic acids is 1. The van der Waals surface area contributed by atoms with Crippen molar-refractivity contribution >= 4 is 13.7 Å². The Morgan fingerprint density at radius 1 is 0.655 bits per heavy atom. The normalized spacial score (nSPS) is 15.3. The summed E-state index contributed by atoms with van der Waals surface area (Å²) in [5, 5.41) is 13.7. The summed E-state index contributed by atoms with van der Waals surface area (Å²) >= 11 is 0. The number of aliphatic hydroxyl groups excluding tert-OH is 1. The Hall–Kier alpha value is -2.32. The third-order valence-electron chi connectivity index (χ3n) is 8.90. The van der Waals surface area contributed by atoms with Crippen molar-refractivity contribution in [2.24, 2.45) is 0 Å². The van der Waals surface area contributed by atoms with Gasteiger partial charge in [0.15, 0.2) is 0 Å². The van der Waals surface area contributed by atoms with E-state index in [1.54, 1.807) is 0 Å². The minimum absolute atomic E-state index is 0.00221. The molecule has 0 spiro atoms. The van der Waals surface area contributed by atoms with E-state index in [1.807, 2.05) is 21.1 Å². The van der Waals surface area contributed by atoms with Gasteiger partial charge in [0.05, 0.1) is 39.9 Å². The van der Waals surface area contributed by atoms with E-state index in [9.17, 15) is 19.4 Å². The molecule has 0 heterocycles. The maximum absolute atomic E-state index is 12.8. The number of amides is 1. The molecular weight excluding hydrogens is 707 g/mol. The molecule has 0 aromatic carbocycles. The monoisotopic (exact) mass is 789 g/mol. The molecule has 1 amide bonds. The van der Waals surface area contributed by atoms with E-state index in [-0.39, 0.29) is 19.1 Å². The number of unbranched alkanes of at least 4 members (excludes halogenated alkanes) is 10. The molecule has 2 N–H and O–H groups in total. The van der Waals surface area contributed by atoms with Gasteiger partial charge in [0.2, 0.25) is 5.91 Å². The SMILES string of the molecule is CC/C=C\C/C=C\C/C=C\C/C=C\C/C=C\C/C=C\C/C=C\CCCCCCCC(=O)NC(COP(=O)([O-])OCC[N+](C)(C)C)C(O)CCCCCCCC. The molecule has 316 valence electrons. The number of quaternary nitrogens is 1. The molecule has 0 aliphatic carbocycles. The number of nitrogens with zero attached hydrogens (tertiary/aromatic N) is 1. The maximum Gasteiger partial charge on any atom is 0.268 e. The summed E-state index contributed by atoms with van der Waals surface area (Å²) in [5.74, 6) is -0.195. The van der Waals surface area contributed by atoms with E-state index in [1.165, 1.54) is 19.3 Å². The molecule has 0 aromatic rings. The fourth-order valence-corrected chi connectivity index (χ4v) is 6.21. The Balaban J connectivity index is 4.20. The number of nitrogens with one attached hydrogen (secondary N) is 1. The van der Waals surface area contributed by atoms with Crippen LogP contribution >= 0.6 is 7.82 Å². The van der Waals surface area contributed by atoms with Gasteiger partial charge in [-0.3, -0.25) is 9.36 Å². The number of aliphatic hydroxyl groups is 1. The van der Waals surface area contributed by atoms with Crippen LogP contribution in [0.15, 0.2) is 85.1 Å². The molecule has 9 heteroatoms. The van der Waals surface area contributed by atoms with Crippen LogP contribution in [0.4, 0.5) is 0 Å². The van der Waals surface area contributed by atoms with Crippen LogP contribution in [0, 0.1) is 0 Å². The molecule has 0 rings (SSSR count). The second-order valence-electron chi connectivity index (χ2n) is 15.3. The Morgan fingerprint density at radius 3 is 1.62 bits per heavy atom. The van der Waals surface area contributed by atoms with Crippen molar-refractivity contribution in [2.75, 3.05) is 40.9 Å². The third kappa shape index (κ3) is 39.7. The zero-order chi connectivity index (χ0) is 40.7. The first-order chi connectivity index (χ1) is 26.5. The fraction of sp³-hybridized carbons (Fsp3) is 0.674. The molecule has 0 saturated carbocycles. The molecule has 3 atom stereocenters. The minimum atomic E-state index is -4.56. The van der Waals surface area contributed by atoms with Crippen molar-refractivity contribution in [3.05, 3.63) is 85.1 Å². The number of phosphoric acid groups is 1. The number of carbonyl (C=O) groups is 1. The van der Waals surface area contributed by atoms with Crippen LogP contribution < -0.4 is 10.2 Å². The quantitative estimate of drug-likeness (QED) is 0.0281. The van der Waals surface area contributed by atoms with Crippen molar-refractivity contribution in [3.8, 4) is 0 Å². The molecule has 0 aliphatic heterocycles. The summed E-state index contributed by atoms with van der Waals surface area (Å²) in [6.07, 6.45) is 50.5. The van der Waals surface area contributed by atoms with E-state index >= 15 is 0 Å². The van der Waals surface area contributed by atoms with Crippen molar-refractivity contribution in [2.45, 2.75) is 161 Å². The topological polar surface area (TPSA) is 108 Å². The van der Waals surface area contributed by atoms with Crippen LogP contribution in [0.25, 0.3) is 0 Å². The molecule has 0 bridgehead atoms. The Bertz CT molecular complexity index is 1170. The van der Waals surface area contributed by atoms with Gasteiger partial charge in [0.25, 0.3) is 7.82 Å². The summed E-state index contributed by atoms with van der Waals surface area (Å²) in [4.78, 5) is 25.1. The predicted octanol–water partition coefficient (Wildman–Crippen LogP) is 11.2. The smallest absolute Gasteiger partial charge is 0.268 e. The summed E-state index contributed by atoms with van der Waals surface area (Å²) in [6.45, 7) is 4.48. The molecule has 3 unspecified atom stereocenters. The highest BCUT2D eigenvalue weighted by Crippen LogP contribution is 2.38. The number of likely N-dealkylation sites (N-methyl/N-ethyl adjacent to an activating group) is 1. The lowest BCUT2D eigenvalue weighted by Crippen LogP contribution is -2.46. The van der Waals surface area contributed by atoms with Gasteiger partial charge in [0.1, 0.15) is 13.2 Å². The molecule has 55 heavy (non-hydrogen) atoms. The zero-order valence-electron chi connectivity index (χ0n) is 35.6. The lowest BCUT2D eigenvalue weighted by atomic mass is 10.0. The first kappa shape index (κ1) is 52.7. The number of hydrogen-bond donors (Lipinski definition) is 2. The van der Waals surface area contributed by atoms with Crippen LogP contribution in [-0.2, 0) is 18.4 Å². The molecule has 8 nitrogen and oxygen atoms in total. The highest BCUT2D eigenvalue weighted by atomic mass is 31.2. The van der Waals surface area contributed by atoms with Crippen molar-refractivity contribution in [3.63, 3.8) is 0 Å². The number of allylic oxidation sites excluding steroid dienone is 14. The second-order valence-corrected chi connectivity index (χ2v) is 16.7. The van der Waals surface area contributed by atoms with Crippen molar-refractivity contribution < 1.29 is 32.9 Å². The van der Waals surface area contributed by atoms with Crippen LogP contribution in [0.2, 0.25) is 0 Å². The Labute approximate surface area is 337 Å². The first-order valence-electron chi connectivity index (χ1n) is 21.4. The number of hydrogen-bond acceptors (Lipinski definition) is 6. The van der Waals surface area contributed by atoms with Gasteiger partial charge in [0, 0.05) is 6.42 Å². The van der Waals surface area contributed by atoms with E-state index in [0.717, 1.165) is 103 Å². The predicted molar refractivity (Wildman–Crippen MR) is 233 cm³/mol. The molecule has 0 fully saturated rings. The van der Waals surface area contributed by atoms with Crippen LogP contribution in [0.5, 0.6) is 0 Å². The largest absolute Gasteiger partial charge is 0.756 e. The molecule has 0 saturated heterocycles. The van der Waals surface area contributed by atoms with Crippen LogP contribution in [0.3, 0.4) is 0 Å². The highest BCUT2D eigenvalue weighted by Gasteiger charge is 2.24. The summed E-state index contributed by atoms with van der Waals surface area (Å²) in [7, 11) is 1.27. The average molecular weight is 789 g/mol. The Morgan fingerprint density at radius 2 is 1.11 bits per heavy atom. The van der Waals surface area contributed by atoms with E-state index < -0.39 is 20.0 Å². The standard InChI is InChI=1S/C46H81N2O6P/c1-6-8-10-12-14-15-16-17-18-19-20-21-22-23-24-25-26-27-28-29-30-31-32-33-34-36-38-40-46(50)47-44(45(49)39-37-35-13-11-9-7-2)43-54-55(51,52)53-42-41-48(3,4)5/h8,10,14-15,17-18,20-21,23-24,26-27,29-30,44-45,49H,6-7,9,11-13,16,19,22,25,28,31-43H2,1-5H3,(H-,47,50,51,52)/b10-8-,15-14-,18-17-,21-20-,24-23-,27-26-,30-29-. The second kappa shape index (κ2) is 37.3. The summed E-state index contributed by atoms with van der Waals surface area (Å²) in [6, 6.07) is -0.813.